The highest BCUT2D eigenvalue weighted by molar-refractivity contribution is 6.34. The van der Waals surface area contributed by atoms with Crippen LogP contribution in [0.3, 0.4) is 0 Å². The van der Waals surface area contributed by atoms with Crippen LogP contribution >= 0.6 is 11.6 Å². The van der Waals surface area contributed by atoms with E-state index in [-0.39, 0.29) is 16.8 Å². The van der Waals surface area contributed by atoms with E-state index in [1.165, 1.54) is 6.07 Å². The van der Waals surface area contributed by atoms with Gasteiger partial charge >= 0.3 is 6.09 Å². The third-order valence-electron chi connectivity index (χ3n) is 2.16. The molecule has 0 saturated carbocycles. The molecule has 0 aliphatic rings. The molecule has 6 nitrogen and oxygen atoms in total. The van der Waals surface area contributed by atoms with Crippen molar-refractivity contribution in [1.29, 1.82) is 0 Å². The second-order valence-corrected chi connectivity index (χ2v) is 4.70. The smallest absolute Gasteiger partial charge is 0.411 e. The van der Waals surface area contributed by atoms with Gasteiger partial charge in [-0.2, -0.15) is 0 Å². The normalized spacial score (nSPS) is 11.5. The molecule has 7 heteroatoms. The Labute approximate surface area is 116 Å². The van der Waals surface area contributed by atoms with Crippen molar-refractivity contribution in [3.63, 3.8) is 0 Å². The first-order chi connectivity index (χ1) is 8.93. The van der Waals surface area contributed by atoms with Crippen molar-refractivity contribution in [3.05, 3.63) is 28.8 Å². The monoisotopic (exact) mass is 285 g/mol. The maximum atomic E-state index is 11.5. The van der Waals surface area contributed by atoms with Crippen LogP contribution in [-0.2, 0) is 4.74 Å². The summed E-state index contributed by atoms with van der Waals surface area (Å²) < 4.78 is 4.96. The highest BCUT2D eigenvalue weighted by atomic mass is 35.5. The number of amidine groups is 1. The number of nitrogens with two attached hydrogens (primary N) is 1. The molecule has 0 spiro atoms. The zero-order chi connectivity index (χ0) is 14.4. The second kappa shape index (κ2) is 6.84. The summed E-state index contributed by atoms with van der Waals surface area (Å²) >= 11 is 5.97. The summed E-state index contributed by atoms with van der Waals surface area (Å²) in [7, 11) is 0. The lowest BCUT2D eigenvalue weighted by molar-refractivity contribution is 0.147. The molecular weight excluding hydrogens is 270 g/mol. The summed E-state index contributed by atoms with van der Waals surface area (Å²) in [5, 5.41) is 14.2. The van der Waals surface area contributed by atoms with Gasteiger partial charge in [0.2, 0.25) is 0 Å². The van der Waals surface area contributed by atoms with Crippen LogP contribution < -0.4 is 11.1 Å². The Kier molecular flexibility index (Phi) is 5.44. The molecular formula is C12H16ClN3O3. The number of halogens is 1. The molecule has 0 bridgehead atoms. The molecule has 1 aromatic carbocycles. The van der Waals surface area contributed by atoms with Gasteiger partial charge < -0.3 is 15.7 Å². The number of hydrogen-bond donors (Lipinski definition) is 3. The Morgan fingerprint density at radius 2 is 2.26 bits per heavy atom. The third kappa shape index (κ3) is 4.67. The van der Waals surface area contributed by atoms with E-state index < -0.39 is 6.09 Å². The molecule has 0 atom stereocenters. The summed E-state index contributed by atoms with van der Waals surface area (Å²) in [6.45, 7) is 4.20. The van der Waals surface area contributed by atoms with Crippen LogP contribution in [0.5, 0.6) is 0 Å². The average Bonchev–Trinajstić information content (AvgIpc) is 2.37. The molecule has 0 unspecified atom stereocenters. The molecule has 0 radical (unpaired) electrons. The number of nitrogens with zero attached hydrogens (tertiary/aromatic N) is 1. The van der Waals surface area contributed by atoms with Gasteiger partial charge in [0, 0.05) is 5.56 Å². The van der Waals surface area contributed by atoms with Crippen molar-refractivity contribution in [2.45, 2.75) is 13.8 Å². The Bertz CT molecular complexity index is 489. The van der Waals surface area contributed by atoms with Crippen LogP contribution in [0.1, 0.15) is 19.4 Å². The molecule has 1 rings (SSSR count). The lowest BCUT2D eigenvalue weighted by Gasteiger charge is -2.10. The highest BCUT2D eigenvalue weighted by Crippen LogP contribution is 2.23. The van der Waals surface area contributed by atoms with E-state index in [0.29, 0.717) is 17.9 Å². The first-order valence-electron chi connectivity index (χ1n) is 5.65. The number of oxime groups is 1. The van der Waals surface area contributed by atoms with Gasteiger partial charge in [-0.15, -0.1) is 0 Å². The van der Waals surface area contributed by atoms with Crippen LogP contribution in [0.25, 0.3) is 0 Å². The Morgan fingerprint density at radius 3 is 2.79 bits per heavy atom. The zero-order valence-corrected chi connectivity index (χ0v) is 11.4. The molecule has 0 heterocycles. The maximum Gasteiger partial charge on any atom is 0.411 e. The van der Waals surface area contributed by atoms with Gasteiger partial charge in [-0.25, -0.2) is 4.79 Å². The van der Waals surface area contributed by atoms with Crippen molar-refractivity contribution < 1.29 is 14.7 Å². The molecule has 0 fully saturated rings. The van der Waals surface area contributed by atoms with Gasteiger partial charge in [0.1, 0.15) is 0 Å². The first kappa shape index (κ1) is 15.1. The first-order valence-corrected chi connectivity index (χ1v) is 6.03. The van der Waals surface area contributed by atoms with Gasteiger partial charge in [0.05, 0.1) is 17.3 Å². The van der Waals surface area contributed by atoms with E-state index in [1.807, 2.05) is 13.8 Å². The Morgan fingerprint density at radius 1 is 1.58 bits per heavy atom. The second-order valence-electron chi connectivity index (χ2n) is 4.30. The van der Waals surface area contributed by atoms with Crippen LogP contribution in [0.15, 0.2) is 23.4 Å². The molecule has 0 aromatic heterocycles. The molecule has 104 valence electrons. The Balaban J connectivity index is 2.72. The van der Waals surface area contributed by atoms with Gasteiger partial charge in [0.15, 0.2) is 5.84 Å². The summed E-state index contributed by atoms with van der Waals surface area (Å²) in [5.74, 6) is 0.194. The van der Waals surface area contributed by atoms with Gasteiger partial charge in [-0.1, -0.05) is 30.6 Å². The molecule has 1 amide bonds. The Hall–Kier alpha value is -1.95. The third-order valence-corrected chi connectivity index (χ3v) is 2.47. The van der Waals surface area contributed by atoms with E-state index in [0.717, 1.165) is 0 Å². The van der Waals surface area contributed by atoms with Crippen molar-refractivity contribution >= 4 is 29.2 Å². The molecule has 1 aromatic rings. The summed E-state index contributed by atoms with van der Waals surface area (Å²) in [6, 6.07) is 4.60. The number of nitrogens with one attached hydrogen (secondary N) is 1. The topological polar surface area (TPSA) is 96.9 Å². The molecule has 0 saturated heterocycles. The number of hydrogen-bond acceptors (Lipinski definition) is 4. The van der Waals surface area contributed by atoms with Crippen LogP contribution in [-0.4, -0.2) is 23.7 Å². The lowest BCUT2D eigenvalue weighted by atomic mass is 10.2. The maximum absolute atomic E-state index is 11.5. The minimum absolute atomic E-state index is 0.0594. The SMILES string of the molecule is CC(C)COC(=O)Nc1ccc(/C(N)=N/O)cc1Cl. The van der Waals surface area contributed by atoms with E-state index in [1.54, 1.807) is 12.1 Å². The van der Waals surface area contributed by atoms with E-state index in [9.17, 15) is 4.79 Å². The number of anilines is 1. The average molecular weight is 286 g/mol. The fraction of sp³-hybridized carbons (Fsp3) is 0.333. The fourth-order valence-electron chi connectivity index (χ4n) is 1.22. The summed E-state index contributed by atoms with van der Waals surface area (Å²) in [6.07, 6.45) is -0.577. The van der Waals surface area contributed by atoms with Crippen molar-refractivity contribution in [1.82, 2.24) is 0 Å². The van der Waals surface area contributed by atoms with Crippen LogP contribution in [0, 0.1) is 5.92 Å². The van der Waals surface area contributed by atoms with Crippen molar-refractivity contribution in [2.24, 2.45) is 16.8 Å². The minimum atomic E-state index is -0.577. The summed E-state index contributed by atoms with van der Waals surface area (Å²) in [5.41, 5.74) is 6.27. The fourth-order valence-corrected chi connectivity index (χ4v) is 1.45. The number of carbonyl (C=O) groups is 1. The number of rotatable bonds is 4. The van der Waals surface area contributed by atoms with Crippen LogP contribution in [0.2, 0.25) is 5.02 Å². The quantitative estimate of drug-likeness (QED) is 0.343. The van der Waals surface area contributed by atoms with Gasteiger partial charge in [0.25, 0.3) is 0 Å². The van der Waals surface area contributed by atoms with E-state index in [4.69, 9.17) is 27.3 Å². The number of benzene rings is 1. The van der Waals surface area contributed by atoms with E-state index in [2.05, 4.69) is 10.5 Å². The summed E-state index contributed by atoms with van der Waals surface area (Å²) in [4.78, 5) is 11.5. The van der Waals surface area contributed by atoms with Crippen molar-refractivity contribution in [3.8, 4) is 0 Å². The predicted octanol–water partition coefficient (Wildman–Crippen LogP) is 2.64. The molecule has 19 heavy (non-hydrogen) atoms. The number of amides is 1. The molecule has 4 N–H and O–H groups in total. The standard InChI is InChI=1S/C12H16ClN3O3/c1-7(2)6-19-12(17)15-10-4-3-8(5-9(10)13)11(14)16-18/h3-5,7,18H,6H2,1-2H3,(H2,14,16)(H,15,17). The zero-order valence-electron chi connectivity index (χ0n) is 10.7. The minimum Gasteiger partial charge on any atom is -0.449 e. The van der Waals surface area contributed by atoms with Crippen LogP contribution in [0.4, 0.5) is 10.5 Å². The number of carbonyl (C=O) groups excluding carboxylic acids is 1. The van der Waals surface area contributed by atoms with Gasteiger partial charge in [-0.3, -0.25) is 5.32 Å². The van der Waals surface area contributed by atoms with Gasteiger partial charge in [-0.05, 0) is 24.1 Å². The predicted molar refractivity (Wildman–Crippen MR) is 73.8 cm³/mol. The lowest BCUT2D eigenvalue weighted by Crippen LogP contribution is -2.17. The largest absolute Gasteiger partial charge is 0.449 e. The van der Waals surface area contributed by atoms with E-state index >= 15 is 0 Å². The highest BCUT2D eigenvalue weighted by Gasteiger charge is 2.09. The number of ether oxygens (including phenoxy) is 1. The molecule has 0 aliphatic heterocycles. The molecule has 0 aliphatic carbocycles. The van der Waals surface area contributed by atoms with Crippen molar-refractivity contribution in [2.75, 3.05) is 11.9 Å².